The summed E-state index contributed by atoms with van der Waals surface area (Å²) >= 11 is 0. The van der Waals surface area contributed by atoms with E-state index in [1.54, 1.807) is 0 Å². The molecule has 10 nitrogen and oxygen atoms in total. The van der Waals surface area contributed by atoms with Crippen molar-refractivity contribution in [2.75, 3.05) is 6.61 Å². The number of aliphatic hydroxyl groups excluding tert-OH is 1. The minimum Gasteiger partial charge on any atom is -0.394 e. The number of hydrogen-bond acceptors (Lipinski definition) is 6. The van der Waals surface area contributed by atoms with Crippen molar-refractivity contribution in [2.45, 2.75) is 24.6 Å². The summed E-state index contributed by atoms with van der Waals surface area (Å²) in [6, 6.07) is 0.947. The molecule has 1 aromatic rings. The van der Waals surface area contributed by atoms with E-state index in [0.29, 0.717) is 4.57 Å². The van der Waals surface area contributed by atoms with E-state index < -0.39 is 50.3 Å². The molecule has 0 amide bonds. The number of nitrogens with one attached hydrogen (secondary N) is 1. The molecule has 21 heavy (non-hydrogen) atoms. The van der Waals surface area contributed by atoms with Gasteiger partial charge in [0.2, 0.25) is 0 Å². The van der Waals surface area contributed by atoms with E-state index in [4.69, 9.17) is 19.6 Å². The molecule has 0 bridgehead atoms. The summed E-state index contributed by atoms with van der Waals surface area (Å²) < 4.78 is 35.0. The van der Waals surface area contributed by atoms with Crippen LogP contribution < -0.4 is 11.2 Å². The number of halogens is 1. The molecule has 2 heterocycles. The van der Waals surface area contributed by atoms with Crippen LogP contribution in [0.5, 0.6) is 0 Å². The Morgan fingerprint density at radius 1 is 1.48 bits per heavy atom. The van der Waals surface area contributed by atoms with Crippen LogP contribution in [0.4, 0.5) is 4.39 Å². The summed E-state index contributed by atoms with van der Waals surface area (Å²) in [7, 11) is -5.02. The van der Waals surface area contributed by atoms with Gasteiger partial charge in [0.1, 0.15) is 12.2 Å². The van der Waals surface area contributed by atoms with Gasteiger partial charge in [-0.3, -0.25) is 18.9 Å². The lowest BCUT2D eigenvalue weighted by atomic mass is 10.1. The number of rotatable bonds is 4. The Labute approximate surface area is 116 Å². The van der Waals surface area contributed by atoms with Gasteiger partial charge in [-0.25, -0.2) is 13.8 Å². The molecule has 1 unspecified atom stereocenters. The summed E-state index contributed by atoms with van der Waals surface area (Å²) in [6.45, 7) is -0.778. The number of ether oxygens (including phenoxy) is 1. The van der Waals surface area contributed by atoms with Gasteiger partial charge in [-0.1, -0.05) is 0 Å². The number of aromatic amines is 1. The second-order valence-corrected chi connectivity index (χ2v) is 5.46. The van der Waals surface area contributed by atoms with E-state index in [9.17, 15) is 18.5 Å². The van der Waals surface area contributed by atoms with Gasteiger partial charge < -0.3 is 19.6 Å². The third-order valence-electron chi connectivity index (χ3n) is 2.83. The maximum Gasteiger partial charge on any atom is 0.470 e. The molecule has 1 aromatic heterocycles. The Bertz CT molecular complexity index is 668. The summed E-state index contributed by atoms with van der Waals surface area (Å²) in [6.07, 6.45) is -5.91. The molecule has 0 radical (unpaired) electrons. The number of aliphatic hydroxyl groups is 1. The lowest BCUT2D eigenvalue weighted by Crippen LogP contribution is -2.36. The summed E-state index contributed by atoms with van der Waals surface area (Å²) in [4.78, 5) is 41.8. The van der Waals surface area contributed by atoms with Crippen molar-refractivity contribution >= 4 is 7.82 Å². The molecule has 118 valence electrons. The fourth-order valence-corrected chi connectivity index (χ4v) is 2.55. The molecule has 1 aliphatic heterocycles. The highest BCUT2D eigenvalue weighted by Gasteiger charge is 2.49. The average molecular weight is 326 g/mol. The smallest absolute Gasteiger partial charge is 0.394 e. The predicted octanol–water partition coefficient (Wildman–Crippen LogP) is -1.76. The molecule has 2 rings (SSSR count). The Morgan fingerprint density at radius 3 is 2.67 bits per heavy atom. The van der Waals surface area contributed by atoms with E-state index >= 15 is 0 Å². The number of phosphoric acid groups is 1. The number of aromatic nitrogens is 2. The molecular formula is C9H12FN2O8P. The number of hydrogen-bond donors (Lipinski definition) is 4. The van der Waals surface area contributed by atoms with Crippen molar-refractivity contribution < 1.29 is 33.1 Å². The summed E-state index contributed by atoms with van der Waals surface area (Å²) in [5, 5.41) is 9.06. The quantitative estimate of drug-likeness (QED) is 0.475. The second-order valence-electron chi connectivity index (χ2n) is 4.27. The Hall–Kier alpha value is -1.36. The van der Waals surface area contributed by atoms with Gasteiger partial charge in [0.15, 0.2) is 12.4 Å². The van der Waals surface area contributed by atoms with Crippen molar-refractivity contribution in [3.05, 3.63) is 33.1 Å². The van der Waals surface area contributed by atoms with E-state index in [2.05, 4.69) is 4.52 Å². The molecule has 1 saturated heterocycles. The van der Waals surface area contributed by atoms with Crippen LogP contribution in [0.3, 0.4) is 0 Å². The number of H-pyrrole nitrogens is 1. The first-order chi connectivity index (χ1) is 9.73. The number of nitrogens with zero attached hydrogens (tertiary/aromatic N) is 1. The predicted molar refractivity (Wildman–Crippen MR) is 64.1 cm³/mol. The van der Waals surface area contributed by atoms with Gasteiger partial charge in [0.05, 0.1) is 6.61 Å². The maximum atomic E-state index is 14.2. The highest BCUT2D eigenvalue weighted by molar-refractivity contribution is 7.46. The lowest BCUT2D eigenvalue weighted by molar-refractivity contribution is -0.0487. The highest BCUT2D eigenvalue weighted by atomic mass is 31.2. The SMILES string of the molecule is O=c1ccn([C@@H]2O[C@H](CO)C(OP(=O)(O)O)[C@@H]2F)c(=O)[nH]1. The van der Waals surface area contributed by atoms with E-state index in [0.717, 1.165) is 12.3 Å². The largest absolute Gasteiger partial charge is 0.470 e. The van der Waals surface area contributed by atoms with Gasteiger partial charge in [-0.2, -0.15) is 0 Å². The van der Waals surface area contributed by atoms with Gasteiger partial charge in [0.25, 0.3) is 5.56 Å². The van der Waals surface area contributed by atoms with E-state index in [1.165, 1.54) is 0 Å². The van der Waals surface area contributed by atoms with Crippen LogP contribution in [-0.4, -0.2) is 49.4 Å². The minimum atomic E-state index is -5.02. The molecule has 12 heteroatoms. The Kier molecular flexibility index (Phi) is 4.42. The number of alkyl halides is 1. The van der Waals surface area contributed by atoms with Crippen molar-refractivity contribution in [3.63, 3.8) is 0 Å². The zero-order valence-corrected chi connectivity index (χ0v) is 11.2. The second kappa shape index (κ2) is 5.79. The van der Waals surface area contributed by atoms with Crippen molar-refractivity contribution in [2.24, 2.45) is 0 Å². The van der Waals surface area contributed by atoms with Crippen LogP contribution in [0.2, 0.25) is 0 Å². The summed E-state index contributed by atoms with van der Waals surface area (Å²) in [5.41, 5.74) is -1.67. The van der Waals surface area contributed by atoms with Crippen LogP contribution in [0.1, 0.15) is 6.23 Å². The van der Waals surface area contributed by atoms with Crippen LogP contribution in [0, 0.1) is 0 Å². The van der Waals surface area contributed by atoms with Gasteiger partial charge in [0, 0.05) is 12.3 Å². The van der Waals surface area contributed by atoms with Gasteiger partial charge in [-0.05, 0) is 0 Å². The van der Waals surface area contributed by atoms with Crippen LogP contribution in [-0.2, 0) is 13.8 Å². The Balaban J connectivity index is 2.33. The first-order valence-electron chi connectivity index (χ1n) is 5.69. The van der Waals surface area contributed by atoms with E-state index in [-0.39, 0.29) is 0 Å². The first-order valence-corrected chi connectivity index (χ1v) is 7.22. The highest BCUT2D eigenvalue weighted by Crippen LogP contribution is 2.44. The third-order valence-corrected chi connectivity index (χ3v) is 3.35. The fourth-order valence-electron chi connectivity index (χ4n) is 1.98. The number of phosphoric ester groups is 1. The molecule has 0 saturated carbocycles. The maximum absolute atomic E-state index is 14.2. The van der Waals surface area contributed by atoms with Crippen molar-refractivity contribution in [1.82, 2.24) is 9.55 Å². The standard InChI is InChI=1S/C9H12FN2O8P/c10-6-7(20-21(16,17)18)4(3-13)19-8(6)12-2-1-5(14)11-9(12)15/h1-2,4,6-8,13H,3H2,(H,11,14,15)(H2,16,17,18)/t4-,6+,7?,8-/m1/s1. The monoisotopic (exact) mass is 326 g/mol. The molecule has 4 N–H and O–H groups in total. The zero-order valence-electron chi connectivity index (χ0n) is 10.3. The third kappa shape index (κ3) is 3.46. The average Bonchev–Trinajstić information content (AvgIpc) is 2.65. The molecule has 0 spiro atoms. The zero-order chi connectivity index (χ0) is 15.8. The fraction of sp³-hybridized carbons (Fsp3) is 0.556. The van der Waals surface area contributed by atoms with Crippen molar-refractivity contribution in [1.29, 1.82) is 0 Å². The molecule has 0 aromatic carbocycles. The van der Waals surface area contributed by atoms with Gasteiger partial charge >= 0.3 is 13.5 Å². The Morgan fingerprint density at radius 2 is 2.14 bits per heavy atom. The molecule has 4 atom stereocenters. The molecule has 1 fully saturated rings. The van der Waals surface area contributed by atoms with Crippen molar-refractivity contribution in [3.8, 4) is 0 Å². The van der Waals surface area contributed by atoms with Gasteiger partial charge in [-0.15, -0.1) is 0 Å². The van der Waals surface area contributed by atoms with Crippen LogP contribution in [0.25, 0.3) is 0 Å². The summed E-state index contributed by atoms with van der Waals surface area (Å²) in [5.74, 6) is 0. The lowest BCUT2D eigenvalue weighted by Gasteiger charge is -2.18. The molecule has 0 aliphatic carbocycles. The minimum absolute atomic E-state index is 0.692. The first kappa shape index (κ1) is 16.0. The molecular weight excluding hydrogens is 314 g/mol. The normalized spacial score (nSPS) is 29.7. The van der Waals surface area contributed by atoms with Crippen LogP contribution >= 0.6 is 7.82 Å². The topological polar surface area (TPSA) is 151 Å². The van der Waals surface area contributed by atoms with E-state index in [1.807, 2.05) is 4.98 Å². The molecule has 1 aliphatic rings. The van der Waals surface area contributed by atoms with Crippen LogP contribution in [0.15, 0.2) is 21.9 Å².